The number of hydrogen-bond donors (Lipinski definition) is 1. The van der Waals surface area contributed by atoms with Crippen LogP contribution in [-0.4, -0.2) is 49.3 Å². The Kier molecular flexibility index (Phi) is 33.2. The lowest BCUT2D eigenvalue weighted by Crippen LogP contribution is -2.02. The van der Waals surface area contributed by atoms with Gasteiger partial charge in [0.2, 0.25) is 0 Å². The highest BCUT2D eigenvalue weighted by Gasteiger charge is 1.95. The van der Waals surface area contributed by atoms with E-state index in [0.717, 1.165) is 37.5 Å². The molecular formula is C20H32O8. The third-order valence-electron chi connectivity index (χ3n) is 2.09. The van der Waals surface area contributed by atoms with Gasteiger partial charge in [0.1, 0.15) is 0 Å². The molecule has 0 unspecified atom stereocenters. The SMILES string of the molecule is C=C.C=CC(=O)OC.C=CC(=O)OCCCC.CCCOC(=O)/C=C\C(=O)O. The van der Waals surface area contributed by atoms with E-state index in [4.69, 9.17) is 5.11 Å². The van der Waals surface area contributed by atoms with Gasteiger partial charge in [-0.3, -0.25) is 0 Å². The van der Waals surface area contributed by atoms with Crippen LogP contribution in [0.2, 0.25) is 0 Å². The van der Waals surface area contributed by atoms with Crippen LogP contribution in [0, 0.1) is 0 Å². The van der Waals surface area contributed by atoms with Crippen molar-refractivity contribution in [3.8, 4) is 0 Å². The minimum Gasteiger partial charge on any atom is -0.478 e. The summed E-state index contributed by atoms with van der Waals surface area (Å²) in [4.78, 5) is 40.6. The van der Waals surface area contributed by atoms with Gasteiger partial charge in [0, 0.05) is 24.3 Å². The average Bonchev–Trinajstić information content (AvgIpc) is 2.72. The monoisotopic (exact) mass is 400 g/mol. The molecule has 0 rings (SSSR count). The Balaban J connectivity index is -0.000000153. The molecule has 0 spiro atoms. The summed E-state index contributed by atoms with van der Waals surface area (Å²) in [6, 6.07) is 0. The molecule has 0 atom stereocenters. The number of ether oxygens (including phenoxy) is 3. The number of methoxy groups -OCH3 is 1. The molecule has 8 nitrogen and oxygen atoms in total. The van der Waals surface area contributed by atoms with Crippen molar-refractivity contribution in [1.82, 2.24) is 0 Å². The molecule has 0 saturated carbocycles. The molecule has 0 aromatic rings. The first-order chi connectivity index (χ1) is 13.3. The van der Waals surface area contributed by atoms with Gasteiger partial charge in [0.25, 0.3) is 0 Å². The fourth-order valence-electron chi connectivity index (χ4n) is 0.849. The number of esters is 3. The second kappa shape index (κ2) is 28.6. The molecule has 28 heavy (non-hydrogen) atoms. The molecule has 0 aliphatic rings. The second-order valence-corrected chi connectivity index (χ2v) is 4.29. The smallest absolute Gasteiger partial charge is 0.331 e. The number of carbonyl (C=O) groups excluding carboxylic acids is 3. The van der Waals surface area contributed by atoms with Crippen LogP contribution in [-0.2, 0) is 33.4 Å². The van der Waals surface area contributed by atoms with E-state index in [1.807, 2.05) is 13.8 Å². The van der Waals surface area contributed by atoms with Gasteiger partial charge < -0.3 is 19.3 Å². The maximum atomic E-state index is 10.5. The Morgan fingerprint density at radius 3 is 1.64 bits per heavy atom. The zero-order chi connectivity index (χ0) is 22.8. The van der Waals surface area contributed by atoms with Crippen LogP contribution in [0.5, 0.6) is 0 Å². The van der Waals surface area contributed by atoms with Crippen molar-refractivity contribution >= 4 is 23.9 Å². The normalized spacial score (nSPS) is 8.25. The maximum Gasteiger partial charge on any atom is 0.331 e. The maximum absolute atomic E-state index is 10.5. The zero-order valence-corrected chi connectivity index (χ0v) is 17.0. The molecule has 0 radical (unpaired) electrons. The zero-order valence-electron chi connectivity index (χ0n) is 17.0. The van der Waals surface area contributed by atoms with Crippen LogP contribution in [0.25, 0.3) is 0 Å². The summed E-state index contributed by atoms with van der Waals surface area (Å²) >= 11 is 0. The number of rotatable bonds is 9. The molecule has 0 aliphatic heterocycles. The standard InChI is InChI=1S/C7H10O4.C7H12O2.C4H6O2.C2H4/c1-2-5-11-7(10)4-3-6(8)9;1-3-5-6-9-7(8)4-2;1-3-4(5)6-2;1-2/h3-4H,2,5H2,1H3,(H,8,9);4H,2-3,5-6H2,1H3;3H,1H2,2H3;1-2H2/b4-3-;;;. The number of unbranched alkanes of at least 4 members (excludes halogenated alkanes) is 1. The minimum absolute atomic E-state index is 0.322. The van der Waals surface area contributed by atoms with E-state index in [-0.39, 0.29) is 5.97 Å². The third kappa shape index (κ3) is 38.4. The van der Waals surface area contributed by atoms with Gasteiger partial charge >= 0.3 is 23.9 Å². The van der Waals surface area contributed by atoms with Crippen molar-refractivity contribution in [1.29, 1.82) is 0 Å². The molecule has 0 aromatic heterocycles. The second-order valence-electron chi connectivity index (χ2n) is 4.29. The van der Waals surface area contributed by atoms with Gasteiger partial charge in [-0.05, 0) is 12.8 Å². The first-order valence-electron chi connectivity index (χ1n) is 8.36. The molecule has 0 saturated heterocycles. The van der Waals surface area contributed by atoms with Crippen LogP contribution in [0.4, 0.5) is 0 Å². The van der Waals surface area contributed by atoms with E-state index < -0.39 is 17.9 Å². The van der Waals surface area contributed by atoms with Gasteiger partial charge in [0.15, 0.2) is 0 Å². The first kappa shape index (κ1) is 32.5. The van der Waals surface area contributed by atoms with Crippen molar-refractivity contribution in [3.05, 3.63) is 50.6 Å². The Morgan fingerprint density at radius 1 is 0.821 bits per heavy atom. The number of carbonyl (C=O) groups is 4. The quantitative estimate of drug-likeness (QED) is 0.206. The van der Waals surface area contributed by atoms with Gasteiger partial charge in [-0.15, -0.1) is 13.2 Å². The lowest BCUT2D eigenvalue weighted by atomic mass is 10.4. The molecule has 0 heterocycles. The van der Waals surface area contributed by atoms with Gasteiger partial charge in [-0.25, -0.2) is 19.2 Å². The van der Waals surface area contributed by atoms with Crippen LogP contribution in [0.15, 0.2) is 50.6 Å². The molecule has 8 heteroatoms. The average molecular weight is 400 g/mol. The lowest BCUT2D eigenvalue weighted by molar-refractivity contribution is -0.139. The van der Waals surface area contributed by atoms with Gasteiger partial charge in [-0.2, -0.15) is 0 Å². The van der Waals surface area contributed by atoms with Crippen LogP contribution >= 0.6 is 0 Å². The predicted octanol–water partition coefficient (Wildman–Crippen LogP) is 3.24. The van der Waals surface area contributed by atoms with Crippen molar-refractivity contribution in [2.75, 3.05) is 20.3 Å². The molecular weight excluding hydrogens is 368 g/mol. The Morgan fingerprint density at radius 2 is 1.32 bits per heavy atom. The highest BCUT2D eigenvalue weighted by Crippen LogP contribution is 1.88. The Bertz CT molecular complexity index is 481. The first-order valence-corrected chi connectivity index (χ1v) is 8.36. The topological polar surface area (TPSA) is 116 Å². The van der Waals surface area contributed by atoms with Crippen molar-refractivity contribution in [2.45, 2.75) is 33.1 Å². The van der Waals surface area contributed by atoms with Crippen molar-refractivity contribution in [2.24, 2.45) is 0 Å². The molecule has 0 amide bonds. The largest absolute Gasteiger partial charge is 0.478 e. The molecule has 1 N–H and O–H groups in total. The summed E-state index contributed by atoms with van der Waals surface area (Å²) in [5.41, 5.74) is 0. The van der Waals surface area contributed by atoms with Crippen LogP contribution in [0.3, 0.4) is 0 Å². The summed E-state index contributed by atoms with van der Waals surface area (Å²) in [6.45, 7) is 17.2. The van der Waals surface area contributed by atoms with E-state index in [2.05, 4.69) is 40.5 Å². The Labute approximate surface area is 167 Å². The highest BCUT2D eigenvalue weighted by atomic mass is 16.5. The van der Waals surface area contributed by atoms with E-state index in [9.17, 15) is 19.2 Å². The van der Waals surface area contributed by atoms with E-state index in [0.29, 0.717) is 13.2 Å². The highest BCUT2D eigenvalue weighted by molar-refractivity contribution is 5.90. The number of carboxylic acid groups (broad SMARTS) is 1. The lowest BCUT2D eigenvalue weighted by Gasteiger charge is -1.97. The summed E-state index contributed by atoms with van der Waals surface area (Å²) in [6.07, 6.45) is 6.63. The summed E-state index contributed by atoms with van der Waals surface area (Å²) in [7, 11) is 1.31. The minimum atomic E-state index is -1.15. The molecule has 160 valence electrons. The van der Waals surface area contributed by atoms with Gasteiger partial charge in [0.05, 0.1) is 20.3 Å². The molecule has 0 aliphatic carbocycles. The van der Waals surface area contributed by atoms with E-state index in [1.165, 1.54) is 13.2 Å². The van der Waals surface area contributed by atoms with E-state index >= 15 is 0 Å². The molecule has 0 bridgehead atoms. The van der Waals surface area contributed by atoms with Crippen LogP contribution in [0.1, 0.15) is 33.1 Å². The number of carboxylic acids is 1. The number of aliphatic carboxylic acids is 1. The number of hydrogen-bond acceptors (Lipinski definition) is 7. The summed E-state index contributed by atoms with van der Waals surface area (Å²) < 4.78 is 13.4. The van der Waals surface area contributed by atoms with Crippen molar-refractivity contribution < 1.29 is 38.5 Å². The Hall–Kier alpha value is -3.16. The van der Waals surface area contributed by atoms with E-state index in [1.54, 1.807) is 0 Å². The molecule has 0 fully saturated rings. The molecule has 0 aromatic carbocycles. The van der Waals surface area contributed by atoms with Crippen LogP contribution < -0.4 is 0 Å². The van der Waals surface area contributed by atoms with Crippen molar-refractivity contribution in [3.63, 3.8) is 0 Å². The van der Waals surface area contributed by atoms with Gasteiger partial charge in [-0.1, -0.05) is 33.4 Å². The summed E-state index contributed by atoms with van der Waals surface area (Å²) in [5, 5.41) is 8.09. The third-order valence-corrected chi connectivity index (χ3v) is 2.09. The fourth-order valence-corrected chi connectivity index (χ4v) is 0.849. The predicted molar refractivity (Wildman–Crippen MR) is 108 cm³/mol. The fraction of sp³-hybridized carbons (Fsp3) is 0.400. The summed E-state index contributed by atoms with van der Waals surface area (Å²) in [5.74, 6) is -2.49.